The molecule has 3 rings (SSSR count). The van der Waals surface area contributed by atoms with Gasteiger partial charge < -0.3 is 0 Å². The van der Waals surface area contributed by atoms with Crippen molar-refractivity contribution in [3.63, 3.8) is 0 Å². The van der Waals surface area contributed by atoms with E-state index in [9.17, 15) is 0 Å². The molecule has 0 nitrogen and oxygen atoms in total. The van der Waals surface area contributed by atoms with E-state index in [0.29, 0.717) is 0 Å². The van der Waals surface area contributed by atoms with Gasteiger partial charge in [-0.25, -0.2) is 0 Å². The van der Waals surface area contributed by atoms with E-state index in [-0.39, 0.29) is 0 Å². The Bertz CT molecular complexity index is 156. The summed E-state index contributed by atoms with van der Waals surface area (Å²) in [6.45, 7) is 0. The molecule has 60 valence electrons. The van der Waals surface area contributed by atoms with Gasteiger partial charge in [-0.05, 0) is 37.5 Å². The van der Waals surface area contributed by atoms with E-state index in [4.69, 9.17) is 0 Å². The van der Waals surface area contributed by atoms with Crippen molar-refractivity contribution in [1.29, 1.82) is 0 Å². The molecule has 0 aromatic heterocycles. The lowest BCUT2D eigenvalue weighted by Crippen LogP contribution is -2.06. The zero-order valence-electron chi connectivity index (χ0n) is 7.00. The zero-order valence-corrected chi connectivity index (χ0v) is 7.00. The van der Waals surface area contributed by atoms with Gasteiger partial charge in [-0.2, -0.15) is 0 Å². The number of fused-ring (bicyclic) bond motifs is 4. The van der Waals surface area contributed by atoms with Crippen LogP contribution in [0, 0.1) is 11.8 Å². The van der Waals surface area contributed by atoms with E-state index in [2.05, 4.69) is 24.3 Å². The first-order valence-electron chi connectivity index (χ1n) is 4.78. The highest BCUT2D eigenvalue weighted by Crippen LogP contribution is 2.27. The van der Waals surface area contributed by atoms with Crippen LogP contribution in [0.15, 0.2) is 24.3 Å². The van der Waals surface area contributed by atoms with Gasteiger partial charge in [0, 0.05) is 0 Å². The quantitative estimate of drug-likeness (QED) is 0.462. The second kappa shape index (κ2) is 3.25. The van der Waals surface area contributed by atoms with E-state index in [1.165, 1.54) is 32.1 Å². The molecule has 0 aromatic carbocycles. The highest BCUT2D eigenvalue weighted by atomic mass is 14.2. The van der Waals surface area contributed by atoms with Gasteiger partial charge in [0.25, 0.3) is 0 Å². The molecule has 0 N–H and O–H groups in total. The Hall–Kier alpha value is -0.520. The summed E-state index contributed by atoms with van der Waals surface area (Å²) in [6.07, 6.45) is 16.5. The van der Waals surface area contributed by atoms with Gasteiger partial charge in [-0.3, -0.25) is 0 Å². The highest BCUT2D eigenvalue weighted by molar-refractivity contribution is 5.03. The number of allylic oxidation sites excluding steroid dienone is 4. The lowest BCUT2D eigenvalue weighted by atomic mass is 9.85. The molecule has 2 bridgehead atoms. The van der Waals surface area contributed by atoms with Crippen molar-refractivity contribution in [1.82, 2.24) is 0 Å². The monoisotopic (exact) mass is 148 g/mol. The maximum absolute atomic E-state index is 2.43. The largest absolute Gasteiger partial charge is 0.0877 e. The van der Waals surface area contributed by atoms with Gasteiger partial charge in [0.15, 0.2) is 0 Å². The van der Waals surface area contributed by atoms with Gasteiger partial charge in [-0.1, -0.05) is 30.7 Å². The minimum Gasteiger partial charge on any atom is -0.0877 e. The maximum atomic E-state index is 2.43. The van der Waals surface area contributed by atoms with E-state index in [1.54, 1.807) is 0 Å². The third-order valence-electron chi connectivity index (χ3n) is 2.84. The van der Waals surface area contributed by atoms with Crippen LogP contribution in [0.5, 0.6) is 0 Å². The molecule has 0 heterocycles. The summed E-state index contributed by atoms with van der Waals surface area (Å²) in [5, 5.41) is 0. The number of hydrogen-bond acceptors (Lipinski definition) is 0. The second-order valence-corrected chi connectivity index (χ2v) is 3.78. The van der Waals surface area contributed by atoms with Gasteiger partial charge >= 0.3 is 0 Å². The smallest absolute Gasteiger partial charge is 0.0199 e. The van der Waals surface area contributed by atoms with Crippen molar-refractivity contribution < 1.29 is 0 Å². The van der Waals surface area contributed by atoms with Crippen LogP contribution in [0.1, 0.15) is 32.1 Å². The second-order valence-electron chi connectivity index (χ2n) is 3.78. The van der Waals surface area contributed by atoms with E-state index >= 15 is 0 Å². The molecule has 0 saturated heterocycles. The average Bonchev–Trinajstić information content (AvgIpc) is 1.80. The van der Waals surface area contributed by atoms with Gasteiger partial charge in [0.05, 0.1) is 0 Å². The Kier molecular flexibility index (Phi) is 2.11. The van der Waals surface area contributed by atoms with Crippen LogP contribution < -0.4 is 0 Å². The van der Waals surface area contributed by atoms with Crippen LogP contribution in [0.25, 0.3) is 0 Å². The van der Waals surface area contributed by atoms with Crippen LogP contribution in [0.4, 0.5) is 0 Å². The van der Waals surface area contributed by atoms with E-state index in [1.807, 2.05) is 0 Å². The summed E-state index contributed by atoms with van der Waals surface area (Å²) < 4.78 is 0. The molecule has 0 spiro atoms. The molecule has 11 heavy (non-hydrogen) atoms. The summed E-state index contributed by atoms with van der Waals surface area (Å²) in [5.74, 6) is 1.71. The highest BCUT2D eigenvalue weighted by Gasteiger charge is 2.12. The molecule has 0 amide bonds. The normalized spacial score (nSPS) is 39.3. The van der Waals surface area contributed by atoms with Gasteiger partial charge in [0.1, 0.15) is 0 Å². The summed E-state index contributed by atoms with van der Waals surface area (Å²) in [5.41, 5.74) is 0. The average molecular weight is 148 g/mol. The first-order chi connectivity index (χ1) is 5.45. The van der Waals surface area contributed by atoms with Crippen molar-refractivity contribution >= 4 is 0 Å². The van der Waals surface area contributed by atoms with Crippen LogP contribution in [0.2, 0.25) is 0 Å². The first kappa shape index (κ1) is 7.15. The molecule has 0 heteroatoms. The Morgan fingerprint density at radius 3 is 1.91 bits per heavy atom. The Morgan fingerprint density at radius 1 is 0.818 bits per heavy atom. The third-order valence-corrected chi connectivity index (χ3v) is 2.84. The predicted molar refractivity (Wildman–Crippen MR) is 48.3 cm³/mol. The van der Waals surface area contributed by atoms with Crippen LogP contribution in [-0.2, 0) is 0 Å². The van der Waals surface area contributed by atoms with Gasteiger partial charge in [0.2, 0.25) is 0 Å². The summed E-state index contributed by atoms with van der Waals surface area (Å²) >= 11 is 0. The summed E-state index contributed by atoms with van der Waals surface area (Å²) in [4.78, 5) is 0. The van der Waals surface area contributed by atoms with E-state index < -0.39 is 0 Å². The van der Waals surface area contributed by atoms with Crippen molar-refractivity contribution in [3.05, 3.63) is 24.3 Å². The van der Waals surface area contributed by atoms with Crippen LogP contribution >= 0.6 is 0 Å². The Labute approximate surface area is 69.0 Å². The molecule has 3 aliphatic rings. The number of rotatable bonds is 0. The number of hydrogen-bond donors (Lipinski definition) is 0. The maximum Gasteiger partial charge on any atom is -0.0199 e. The molecule has 2 atom stereocenters. The minimum absolute atomic E-state index is 0.854. The van der Waals surface area contributed by atoms with Crippen molar-refractivity contribution in [2.45, 2.75) is 32.1 Å². The standard InChI is InChI=1S/C11H16/c1-4-10-6-2-7-11(5-1)9-3-8-10/h1-2,4,7,10-11H,3,5-6,8-9H2/b4-1+,7-2?. The summed E-state index contributed by atoms with van der Waals surface area (Å²) in [6, 6.07) is 0. The fourth-order valence-corrected chi connectivity index (χ4v) is 2.12. The fraction of sp³-hybridized carbons (Fsp3) is 0.636. The molecule has 0 saturated carbocycles. The Morgan fingerprint density at radius 2 is 1.36 bits per heavy atom. The molecular weight excluding hydrogens is 132 g/mol. The fourth-order valence-electron chi connectivity index (χ4n) is 2.12. The lowest BCUT2D eigenvalue weighted by Gasteiger charge is -2.20. The lowest BCUT2D eigenvalue weighted by molar-refractivity contribution is 0.461. The molecule has 0 aromatic rings. The van der Waals surface area contributed by atoms with Crippen LogP contribution in [-0.4, -0.2) is 0 Å². The topological polar surface area (TPSA) is 0 Å². The zero-order chi connectivity index (χ0) is 7.52. The van der Waals surface area contributed by atoms with Crippen LogP contribution in [0.3, 0.4) is 0 Å². The molecule has 3 aliphatic carbocycles. The van der Waals surface area contributed by atoms with Crippen molar-refractivity contribution in [2.24, 2.45) is 11.8 Å². The predicted octanol–water partition coefficient (Wildman–Crippen LogP) is 3.31. The SMILES string of the molecule is C1=CC2C/C=C/C(C1)CCC2. The van der Waals surface area contributed by atoms with Crippen molar-refractivity contribution in [2.75, 3.05) is 0 Å². The molecule has 0 radical (unpaired) electrons. The molecule has 0 fully saturated rings. The molecule has 2 unspecified atom stereocenters. The van der Waals surface area contributed by atoms with Crippen molar-refractivity contribution in [3.8, 4) is 0 Å². The minimum atomic E-state index is 0.854. The first-order valence-corrected chi connectivity index (χ1v) is 4.78. The summed E-state index contributed by atoms with van der Waals surface area (Å²) in [7, 11) is 0. The van der Waals surface area contributed by atoms with Gasteiger partial charge in [-0.15, -0.1) is 0 Å². The molecular formula is C11H16. The third kappa shape index (κ3) is 1.74. The Balaban J connectivity index is 2.16. The molecule has 0 aliphatic heterocycles. The van der Waals surface area contributed by atoms with E-state index in [0.717, 1.165) is 11.8 Å².